The fourth-order valence-electron chi connectivity index (χ4n) is 3.73. The minimum atomic E-state index is -0.666. The Balaban J connectivity index is 1.41. The number of anilines is 1. The standard InChI is InChI=1S/C25H20N4O5/c30-23-13-12-21(27-29(23)17-7-2-1-3-8-17)25(32)34-16-22-26-20-11-5-4-10-19(20)24(31)28(22)15-18-9-6-14-33-18/h1-11,14H,12-13,15-16H2. The highest BCUT2D eigenvalue weighted by atomic mass is 16.5. The second-order valence-electron chi connectivity index (χ2n) is 7.68. The molecule has 0 aliphatic carbocycles. The number of hydrogen-bond donors (Lipinski definition) is 0. The zero-order chi connectivity index (χ0) is 23.5. The predicted molar refractivity (Wildman–Crippen MR) is 124 cm³/mol. The van der Waals surface area contributed by atoms with E-state index < -0.39 is 5.97 Å². The predicted octanol–water partition coefficient (Wildman–Crippen LogP) is 3.26. The zero-order valence-corrected chi connectivity index (χ0v) is 18.1. The number of benzene rings is 2. The fraction of sp³-hybridized carbons (Fsp3) is 0.160. The highest BCUT2D eigenvalue weighted by Gasteiger charge is 2.27. The van der Waals surface area contributed by atoms with Gasteiger partial charge in [0.1, 0.15) is 18.1 Å². The summed E-state index contributed by atoms with van der Waals surface area (Å²) in [4.78, 5) is 42.8. The molecule has 0 fully saturated rings. The fourth-order valence-corrected chi connectivity index (χ4v) is 3.73. The first-order chi connectivity index (χ1) is 16.6. The van der Waals surface area contributed by atoms with E-state index in [0.717, 1.165) is 0 Å². The summed E-state index contributed by atoms with van der Waals surface area (Å²) in [6, 6.07) is 19.3. The van der Waals surface area contributed by atoms with Crippen molar-refractivity contribution in [3.8, 4) is 0 Å². The molecule has 34 heavy (non-hydrogen) atoms. The summed E-state index contributed by atoms with van der Waals surface area (Å²) in [5.74, 6) is -0.0205. The molecule has 0 N–H and O–H groups in total. The van der Waals surface area contributed by atoms with Crippen LogP contribution in [-0.2, 0) is 27.5 Å². The number of hydrazone groups is 1. The van der Waals surface area contributed by atoms with Crippen LogP contribution in [0.3, 0.4) is 0 Å². The van der Waals surface area contributed by atoms with Crippen molar-refractivity contribution in [2.45, 2.75) is 26.0 Å². The number of para-hydroxylation sites is 2. The van der Waals surface area contributed by atoms with Gasteiger partial charge in [-0.25, -0.2) is 14.8 Å². The van der Waals surface area contributed by atoms with Gasteiger partial charge in [-0.2, -0.15) is 5.10 Å². The Kier molecular flexibility index (Phi) is 5.73. The summed E-state index contributed by atoms with van der Waals surface area (Å²) >= 11 is 0. The summed E-state index contributed by atoms with van der Waals surface area (Å²) in [5, 5.41) is 5.88. The molecule has 3 heterocycles. The van der Waals surface area contributed by atoms with E-state index in [1.807, 2.05) is 6.07 Å². The number of nitrogens with zero attached hydrogens (tertiary/aromatic N) is 4. The maximum Gasteiger partial charge on any atom is 0.354 e. The van der Waals surface area contributed by atoms with Crippen LogP contribution in [0.4, 0.5) is 5.69 Å². The average molecular weight is 456 g/mol. The third kappa shape index (κ3) is 4.23. The lowest BCUT2D eigenvalue weighted by atomic mass is 10.1. The van der Waals surface area contributed by atoms with Gasteiger partial charge in [0.15, 0.2) is 5.82 Å². The van der Waals surface area contributed by atoms with Gasteiger partial charge in [-0.1, -0.05) is 30.3 Å². The Labute approximate surface area is 193 Å². The van der Waals surface area contributed by atoms with E-state index in [0.29, 0.717) is 22.4 Å². The van der Waals surface area contributed by atoms with E-state index in [4.69, 9.17) is 9.15 Å². The van der Waals surface area contributed by atoms with Crippen molar-refractivity contribution in [1.29, 1.82) is 0 Å². The van der Waals surface area contributed by atoms with Crippen LogP contribution < -0.4 is 10.6 Å². The first-order valence-electron chi connectivity index (χ1n) is 10.7. The number of ether oxygens (including phenoxy) is 1. The van der Waals surface area contributed by atoms with Crippen LogP contribution in [0, 0.1) is 0 Å². The summed E-state index contributed by atoms with van der Waals surface area (Å²) in [6.07, 6.45) is 1.83. The largest absolute Gasteiger partial charge is 0.467 e. The molecule has 2 aromatic carbocycles. The normalized spacial score (nSPS) is 13.7. The van der Waals surface area contributed by atoms with Crippen LogP contribution in [0.5, 0.6) is 0 Å². The number of hydrogen-bond acceptors (Lipinski definition) is 7. The van der Waals surface area contributed by atoms with Crippen LogP contribution in [-0.4, -0.2) is 27.1 Å². The van der Waals surface area contributed by atoms with Crippen molar-refractivity contribution in [2.24, 2.45) is 5.10 Å². The van der Waals surface area contributed by atoms with E-state index in [9.17, 15) is 14.4 Å². The molecule has 170 valence electrons. The molecule has 0 atom stereocenters. The van der Waals surface area contributed by atoms with Gasteiger partial charge >= 0.3 is 5.97 Å². The topological polar surface area (TPSA) is 107 Å². The van der Waals surface area contributed by atoms with E-state index in [-0.39, 0.29) is 49.0 Å². The molecule has 0 bridgehead atoms. The van der Waals surface area contributed by atoms with Crippen LogP contribution in [0.15, 0.2) is 87.3 Å². The van der Waals surface area contributed by atoms with E-state index in [1.54, 1.807) is 60.7 Å². The third-order valence-corrected chi connectivity index (χ3v) is 5.44. The maximum atomic E-state index is 13.1. The van der Waals surface area contributed by atoms with Gasteiger partial charge in [0.2, 0.25) is 5.91 Å². The van der Waals surface area contributed by atoms with Crippen molar-refractivity contribution in [3.63, 3.8) is 0 Å². The SMILES string of the molecule is O=C(OCc1nc2ccccc2c(=O)n1Cc1ccco1)C1=NN(c2ccccc2)C(=O)CC1. The van der Waals surface area contributed by atoms with Gasteiger partial charge in [-0.15, -0.1) is 0 Å². The molecule has 1 amide bonds. The zero-order valence-electron chi connectivity index (χ0n) is 18.1. The van der Waals surface area contributed by atoms with Gasteiger partial charge in [-0.3, -0.25) is 14.2 Å². The molecular formula is C25H20N4O5. The monoisotopic (exact) mass is 456 g/mol. The lowest BCUT2D eigenvalue weighted by Gasteiger charge is -2.22. The number of aromatic nitrogens is 2. The van der Waals surface area contributed by atoms with Crippen molar-refractivity contribution in [1.82, 2.24) is 9.55 Å². The second-order valence-corrected chi connectivity index (χ2v) is 7.68. The van der Waals surface area contributed by atoms with Gasteiger partial charge < -0.3 is 9.15 Å². The average Bonchev–Trinajstić information content (AvgIpc) is 3.39. The minimum absolute atomic E-state index is 0.129. The Morgan fingerprint density at radius 3 is 2.56 bits per heavy atom. The molecule has 0 saturated heterocycles. The van der Waals surface area contributed by atoms with Gasteiger partial charge in [-0.05, 0) is 36.4 Å². The Morgan fingerprint density at radius 1 is 0.971 bits per heavy atom. The van der Waals surface area contributed by atoms with E-state index >= 15 is 0 Å². The van der Waals surface area contributed by atoms with Gasteiger partial charge in [0, 0.05) is 12.8 Å². The molecule has 9 nitrogen and oxygen atoms in total. The Bertz CT molecular complexity index is 1440. The van der Waals surface area contributed by atoms with Crippen LogP contribution in [0.2, 0.25) is 0 Å². The lowest BCUT2D eigenvalue weighted by molar-refractivity contribution is -0.137. The number of amides is 1. The Morgan fingerprint density at radius 2 is 1.76 bits per heavy atom. The molecule has 0 spiro atoms. The summed E-state index contributed by atoms with van der Waals surface area (Å²) in [7, 11) is 0. The molecule has 2 aromatic heterocycles. The maximum absolute atomic E-state index is 13.1. The van der Waals surface area contributed by atoms with Crippen molar-refractivity contribution in [2.75, 3.05) is 5.01 Å². The number of rotatable bonds is 6. The molecule has 0 unspecified atom stereocenters. The summed E-state index contributed by atoms with van der Waals surface area (Å²) in [6.45, 7) is -0.0916. The van der Waals surface area contributed by atoms with E-state index in [1.165, 1.54) is 15.8 Å². The summed E-state index contributed by atoms with van der Waals surface area (Å²) < 4.78 is 12.3. The van der Waals surface area contributed by atoms with Crippen molar-refractivity contribution in [3.05, 3.63) is 94.9 Å². The van der Waals surface area contributed by atoms with Crippen molar-refractivity contribution >= 4 is 34.2 Å². The highest BCUT2D eigenvalue weighted by molar-refractivity contribution is 6.37. The van der Waals surface area contributed by atoms with Gasteiger partial charge in [0.05, 0.1) is 29.4 Å². The quantitative estimate of drug-likeness (QED) is 0.412. The smallest absolute Gasteiger partial charge is 0.354 e. The second kappa shape index (κ2) is 9.14. The number of fused-ring (bicyclic) bond motifs is 1. The number of carbonyl (C=O) groups excluding carboxylic acids is 2. The molecule has 9 heteroatoms. The Hall–Kier alpha value is -4.53. The van der Waals surface area contributed by atoms with E-state index in [2.05, 4.69) is 10.1 Å². The molecule has 0 saturated carbocycles. The molecule has 1 aliphatic heterocycles. The lowest BCUT2D eigenvalue weighted by Crippen LogP contribution is -2.35. The number of furan rings is 1. The highest BCUT2D eigenvalue weighted by Crippen LogP contribution is 2.20. The van der Waals surface area contributed by atoms with Crippen LogP contribution in [0.25, 0.3) is 10.9 Å². The molecular weight excluding hydrogens is 436 g/mol. The van der Waals surface area contributed by atoms with Gasteiger partial charge in [0.25, 0.3) is 5.56 Å². The van der Waals surface area contributed by atoms with Crippen LogP contribution >= 0.6 is 0 Å². The summed E-state index contributed by atoms with van der Waals surface area (Å²) in [5.41, 5.74) is 0.944. The first kappa shape index (κ1) is 21.3. The molecule has 5 rings (SSSR count). The molecule has 4 aromatic rings. The number of carbonyl (C=O) groups is 2. The van der Waals surface area contributed by atoms with Crippen molar-refractivity contribution < 1.29 is 18.7 Å². The number of esters is 1. The molecule has 0 radical (unpaired) electrons. The third-order valence-electron chi connectivity index (χ3n) is 5.44. The minimum Gasteiger partial charge on any atom is -0.467 e. The van der Waals surface area contributed by atoms with Crippen LogP contribution in [0.1, 0.15) is 24.4 Å². The first-order valence-corrected chi connectivity index (χ1v) is 10.7. The molecule has 1 aliphatic rings.